The van der Waals surface area contributed by atoms with E-state index in [2.05, 4.69) is 10.6 Å². The molecule has 0 spiro atoms. The van der Waals surface area contributed by atoms with Crippen molar-refractivity contribution in [2.75, 3.05) is 13.1 Å². The number of benzene rings is 1. The van der Waals surface area contributed by atoms with Crippen molar-refractivity contribution in [3.8, 4) is 0 Å². The Morgan fingerprint density at radius 3 is 2.43 bits per heavy atom. The van der Waals surface area contributed by atoms with Gasteiger partial charge in [-0.2, -0.15) is 0 Å². The van der Waals surface area contributed by atoms with E-state index in [-0.39, 0.29) is 5.91 Å². The molecule has 4 heteroatoms. The Balaban J connectivity index is 0.000000272. The van der Waals surface area contributed by atoms with Crippen molar-refractivity contribution < 1.29 is 4.79 Å². The lowest BCUT2D eigenvalue weighted by Crippen LogP contribution is -2.33. The fourth-order valence-electron chi connectivity index (χ4n) is 2.81. The van der Waals surface area contributed by atoms with Crippen LogP contribution in [-0.2, 0) is 0 Å². The monoisotopic (exact) mass is 308 g/mol. The van der Waals surface area contributed by atoms with Crippen LogP contribution in [0.5, 0.6) is 0 Å². The van der Waals surface area contributed by atoms with Gasteiger partial charge in [0.25, 0.3) is 5.91 Å². The molecule has 2 aliphatic rings. The van der Waals surface area contributed by atoms with Gasteiger partial charge in [0, 0.05) is 16.6 Å². The van der Waals surface area contributed by atoms with Crippen LogP contribution in [-0.4, -0.2) is 25.0 Å². The molecule has 1 heterocycles. The molecule has 1 aromatic carbocycles. The molecule has 1 saturated carbocycles. The number of carbonyl (C=O) groups excluding carboxylic acids is 1. The average Bonchev–Trinajstić information content (AvgIpc) is 3.16. The fraction of sp³-hybridized carbons (Fsp3) is 0.588. The van der Waals surface area contributed by atoms with Crippen LogP contribution in [0.1, 0.15) is 54.4 Å². The zero-order chi connectivity index (χ0) is 15.1. The SMILES string of the molecule is C1CCNC1.Cc1c(Cl)cccc1C(=O)NC1CCCC1. The van der Waals surface area contributed by atoms with Gasteiger partial charge in [-0.05, 0) is 63.4 Å². The van der Waals surface area contributed by atoms with Gasteiger partial charge in [0.05, 0.1) is 0 Å². The summed E-state index contributed by atoms with van der Waals surface area (Å²) >= 11 is 5.99. The van der Waals surface area contributed by atoms with E-state index in [1.54, 1.807) is 0 Å². The van der Waals surface area contributed by atoms with Crippen molar-refractivity contribution in [2.45, 2.75) is 51.5 Å². The summed E-state index contributed by atoms with van der Waals surface area (Å²) < 4.78 is 0. The number of amides is 1. The molecule has 0 aromatic heterocycles. The minimum Gasteiger partial charge on any atom is -0.349 e. The second-order valence-electron chi connectivity index (χ2n) is 5.82. The van der Waals surface area contributed by atoms with Gasteiger partial charge in [0.2, 0.25) is 0 Å². The van der Waals surface area contributed by atoms with Crippen molar-refractivity contribution in [2.24, 2.45) is 0 Å². The van der Waals surface area contributed by atoms with Crippen LogP contribution >= 0.6 is 11.6 Å². The van der Waals surface area contributed by atoms with Crippen molar-refractivity contribution >= 4 is 17.5 Å². The van der Waals surface area contributed by atoms with Gasteiger partial charge in [-0.25, -0.2) is 0 Å². The number of nitrogens with one attached hydrogen (secondary N) is 2. The molecule has 2 N–H and O–H groups in total. The molecule has 2 fully saturated rings. The fourth-order valence-corrected chi connectivity index (χ4v) is 2.99. The van der Waals surface area contributed by atoms with Crippen LogP contribution in [0.25, 0.3) is 0 Å². The summed E-state index contributed by atoms with van der Waals surface area (Å²) in [6.45, 7) is 4.38. The third-order valence-electron chi connectivity index (χ3n) is 4.16. The van der Waals surface area contributed by atoms with E-state index in [9.17, 15) is 4.79 Å². The molecule has 3 nitrogen and oxygen atoms in total. The number of rotatable bonds is 2. The van der Waals surface area contributed by atoms with Gasteiger partial charge in [0.15, 0.2) is 0 Å². The molecule has 1 aliphatic heterocycles. The van der Waals surface area contributed by atoms with Gasteiger partial charge in [0.1, 0.15) is 0 Å². The Morgan fingerprint density at radius 1 is 1.19 bits per heavy atom. The third kappa shape index (κ3) is 5.01. The molecule has 3 rings (SSSR count). The maximum Gasteiger partial charge on any atom is 0.251 e. The maximum atomic E-state index is 12.0. The van der Waals surface area contributed by atoms with E-state index >= 15 is 0 Å². The zero-order valence-corrected chi connectivity index (χ0v) is 13.5. The molecule has 1 aromatic rings. The first kappa shape index (κ1) is 16.3. The second-order valence-corrected chi connectivity index (χ2v) is 6.23. The molecule has 21 heavy (non-hydrogen) atoms. The van der Waals surface area contributed by atoms with Crippen LogP contribution < -0.4 is 10.6 Å². The van der Waals surface area contributed by atoms with Crippen LogP contribution in [0.4, 0.5) is 0 Å². The van der Waals surface area contributed by atoms with Gasteiger partial charge < -0.3 is 10.6 Å². The summed E-state index contributed by atoms with van der Waals surface area (Å²) in [5.74, 6) is 0.00639. The van der Waals surface area contributed by atoms with Gasteiger partial charge in [-0.3, -0.25) is 4.79 Å². The lowest BCUT2D eigenvalue weighted by Gasteiger charge is -2.13. The average molecular weight is 309 g/mol. The van der Waals surface area contributed by atoms with E-state index in [0.29, 0.717) is 16.6 Å². The highest BCUT2D eigenvalue weighted by Gasteiger charge is 2.19. The Kier molecular flexibility index (Phi) is 6.52. The Hall–Kier alpha value is -1.06. The van der Waals surface area contributed by atoms with E-state index in [0.717, 1.165) is 18.4 Å². The second kappa shape index (κ2) is 8.40. The molecule has 0 bridgehead atoms. The summed E-state index contributed by atoms with van der Waals surface area (Å²) in [5.41, 5.74) is 1.55. The molecule has 0 radical (unpaired) electrons. The Bertz CT molecular complexity index is 458. The summed E-state index contributed by atoms with van der Waals surface area (Å²) in [5, 5.41) is 6.94. The highest BCUT2D eigenvalue weighted by Crippen LogP contribution is 2.21. The van der Waals surface area contributed by atoms with Crippen LogP contribution in [0.3, 0.4) is 0 Å². The van der Waals surface area contributed by atoms with E-state index in [1.807, 2.05) is 25.1 Å². The van der Waals surface area contributed by atoms with E-state index < -0.39 is 0 Å². The number of carbonyl (C=O) groups is 1. The van der Waals surface area contributed by atoms with Crippen LogP contribution in [0.2, 0.25) is 5.02 Å². The topological polar surface area (TPSA) is 41.1 Å². The van der Waals surface area contributed by atoms with Crippen molar-refractivity contribution in [1.29, 1.82) is 0 Å². The number of halogens is 1. The molecular formula is C17H25ClN2O. The van der Waals surface area contributed by atoms with Gasteiger partial charge >= 0.3 is 0 Å². The summed E-state index contributed by atoms with van der Waals surface area (Å²) in [6.07, 6.45) is 7.43. The van der Waals surface area contributed by atoms with Gasteiger partial charge in [-0.1, -0.05) is 30.5 Å². The lowest BCUT2D eigenvalue weighted by atomic mass is 10.1. The third-order valence-corrected chi connectivity index (χ3v) is 4.57. The Morgan fingerprint density at radius 2 is 1.86 bits per heavy atom. The van der Waals surface area contributed by atoms with E-state index in [4.69, 9.17) is 11.6 Å². The minimum absolute atomic E-state index is 0.00639. The standard InChI is InChI=1S/C13H16ClNO.C4H9N/c1-9-11(7-4-8-12(9)14)13(16)15-10-5-2-3-6-10;1-2-4-5-3-1/h4,7-8,10H,2-3,5-6H2,1H3,(H,15,16);5H,1-4H2. The van der Waals surface area contributed by atoms with E-state index in [1.165, 1.54) is 38.8 Å². The zero-order valence-electron chi connectivity index (χ0n) is 12.8. The summed E-state index contributed by atoms with van der Waals surface area (Å²) in [7, 11) is 0. The van der Waals surface area contributed by atoms with Crippen molar-refractivity contribution in [3.63, 3.8) is 0 Å². The largest absolute Gasteiger partial charge is 0.349 e. The summed E-state index contributed by atoms with van der Waals surface area (Å²) in [4.78, 5) is 12.0. The predicted octanol–water partition coefficient (Wildman–Crippen LogP) is 3.69. The first-order chi connectivity index (χ1) is 10.2. The minimum atomic E-state index is 0.00639. The molecule has 0 atom stereocenters. The maximum absolute atomic E-state index is 12.0. The molecule has 1 aliphatic carbocycles. The highest BCUT2D eigenvalue weighted by atomic mass is 35.5. The smallest absolute Gasteiger partial charge is 0.251 e. The molecular weight excluding hydrogens is 284 g/mol. The van der Waals surface area contributed by atoms with Gasteiger partial charge in [-0.15, -0.1) is 0 Å². The number of hydrogen-bond acceptors (Lipinski definition) is 2. The first-order valence-electron chi connectivity index (χ1n) is 7.95. The molecule has 1 amide bonds. The molecule has 0 unspecified atom stereocenters. The van der Waals surface area contributed by atoms with Crippen molar-refractivity contribution in [3.05, 3.63) is 34.3 Å². The summed E-state index contributed by atoms with van der Waals surface area (Å²) in [6, 6.07) is 5.80. The number of hydrogen-bond donors (Lipinski definition) is 2. The molecule has 1 saturated heterocycles. The normalized spacial score (nSPS) is 18.2. The Labute approximate surface area is 132 Å². The predicted molar refractivity (Wildman–Crippen MR) is 88.0 cm³/mol. The quantitative estimate of drug-likeness (QED) is 0.875. The van der Waals surface area contributed by atoms with Crippen molar-refractivity contribution in [1.82, 2.24) is 10.6 Å². The first-order valence-corrected chi connectivity index (χ1v) is 8.33. The molecule has 116 valence electrons. The lowest BCUT2D eigenvalue weighted by molar-refractivity contribution is 0.0937. The highest BCUT2D eigenvalue weighted by molar-refractivity contribution is 6.31. The van der Waals surface area contributed by atoms with Crippen LogP contribution in [0.15, 0.2) is 18.2 Å². The van der Waals surface area contributed by atoms with Crippen LogP contribution in [0, 0.1) is 6.92 Å².